The number of aromatic nitrogens is 1. The standard InChI is InChI=1S/C26H26F4N4O/c1-15-20(13-31)25(32-24(18-4-5-18)23(15)17-6-8-19(27)9-7-17)33-10-11-34(21(14-33)16-2-3-16)22(35)12-26(28,29)30/h6-9,16,18,21H,2-5,10-12,14H2,1H3. The van der Waals surface area contributed by atoms with Crippen molar-refractivity contribution in [2.24, 2.45) is 5.92 Å². The Bertz CT molecular complexity index is 1180. The largest absolute Gasteiger partial charge is 0.397 e. The number of benzene rings is 1. The van der Waals surface area contributed by atoms with E-state index >= 15 is 0 Å². The van der Waals surface area contributed by atoms with Crippen LogP contribution >= 0.6 is 0 Å². The number of halogens is 4. The molecule has 9 heteroatoms. The van der Waals surface area contributed by atoms with Crippen LogP contribution in [0.4, 0.5) is 23.4 Å². The zero-order valence-electron chi connectivity index (χ0n) is 19.4. The van der Waals surface area contributed by atoms with E-state index in [0.717, 1.165) is 48.1 Å². The Morgan fingerprint density at radius 2 is 1.83 bits per heavy atom. The predicted molar refractivity (Wildman–Crippen MR) is 122 cm³/mol. The fourth-order valence-corrected chi connectivity index (χ4v) is 5.18. The fraction of sp³-hybridized carbons (Fsp3) is 0.500. The number of amides is 1. The van der Waals surface area contributed by atoms with E-state index < -0.39 is 18.5 Å². The van der Waals surface area contributed by atoms with E-state index in [-0.39, 0.29) is 30.2 Å². The van der Waals surface area contributed by atoms with Gasteiger partial charge in [-0.1, -0.05) is 12.1 Å². The molecule has 5 rings (SSSR count). The van der Waals surface area contributed by atoms with Crippen LogP contribution in [0.25, 0.3) is 11.1 Å². The van der Waals surface area contributed by atoms with Crippen molar-refractivity contribution >= 4 is 11.7 Å². The second kappa shape index (κ2) is 8.81. The molecule has 0 N–H and O–H groups in total. The molecular weight excluding hydrogens is 460 g/mol. The molecule has 1 aromatic heterocycles. The van der Waals surface area contributed by atoms with Crippen LogP contribution in [0.3, 0.4) is 0 Å². The van der Waals surface area contributed by atoms with Crippen molar-refractivity contribution in [1.29, 1.82) is 5.26 Å². The molecule has 2 aromatic rings. The molecule has 1 atom stereocenters. The van der Waals surface area contributed by atoms with Gasteiger partial charge in [0.2, 0.25) is 5.91 Å². The van der Waals surface area contributed by atoms with Crippen LogP contribution in [-0.2, 0) is 4.79 Å². The minimum atomic E-state index is -4.54. The molecule has 1 amide bonds. The first-order valence-electron chi connectivity index (χ1n) is 12.0. The van der Waals surface area contributed by atoms with Gasteiger partial charge in [0.05, 0.1) is 17.3 Å². The van der Waals surface area contributed by atoms with Gasteiger partial charge in [-0.15, -0.1) is 0 Å². The first kappa shape index (κ1) is 23.6. The summed E-state index contributed by atoms with van der Waals surface area (Å²) in [6, 6.07) is 8.13. The maximum absolute atomic E-state index is 13.5. The first-order chi connectivity index (χ1) is 16.7. The predicted octanol–water partition coefficient (Wildman–Crippen LogP) is 5.32. The van der Waals surface area contributed by atoms with Crippen LogP contribution in [0.1, 0.15) is 54.8 Å². The van der Waals surface area contributed by atoms with Crippen LogP contribution in [0.2, 0.25) is 0 Å². The molecule has 3 aliphatic rings. The number of carbonyl (C=O) groups excluding carboxylic acids is 1. The molecule has 1 aromatic carbocycles. The second-order valence-electron chi connectivity index (χ2n) is 9.82. The van der Waals surface area contributed by atoms with E-state index in [1.54, 1.807) is 12.1 Å². The van der Waals surface area contributed by atoms with Crippen LogP contribution in [0.5, 0.6) is 0 Å². The Morgan fingerprint density at radius 1 is 1.14 bits per heavy atom. The van der Waals surface area contributed by atoms with Crippen molar-refractivity contribution in [3.05, 3.63) is 46.9 Å². The Balaban J connectivity index is 1.50. The lowest BCUT2D eigenvalue weighted by atomic mass is 9.93. The SMILES string of the molecule is Cc1c(C#N)c(N2CCN(C(=O)CC(F)(F)F)C(C3CC3)C2)nc(C2CC2)c1-c1ccc(F)cc1. The van der Waals surface area contributed by atoms with E-state index in [1.807, 2.05) is 11.8 Å². The summed E-state index contributed by atoms with van der Waals surface area (Å²) in [6.07, 6.45) is -2.27. The molecule has 1 unspecified atom stereocenters. The molecule has 2 heterocycles. The zero-order valence-corrected chi connectivity index (χ0v) is 19.4. The summed E-state index contributed by atoms with van der Waals surface area (Å²) < 4.78 is 52.2. The molecule has 184 valence electrons. The lowest BCUT2D eigenvalue weighted by Gasteiger charge is -2.43. The number of pyridine rings is 1. The molecule has 1 aliphatic heterocycles. The van der Waals surface area contributed by atoms with Crippen LogP contribution in [0.15, 0.2) is 24.3 Å². The van der Waals surface area contributed by atoms with Crippen molar-refractivity contribution < 1.29 is 22.4 Å². The van der Waals surface area contributed by atoms with E-state index in [1.165, 1.54) is 17.0 Å². The molecule has 0 spiro atoms. The third kappa shape index (κ3) is 4.84. The average Bonchev–Trinajstić information content (AvgIpc) is 3.70. The number of rotatable bonds is 5. The lowest BCUT2D eigenvalue weighted by Crippen LogP contribution is -2.57. The normalized spacial score (nSPS) is 20.6. The van der Waals surface area contributed by atoms with Gasteiger partial charge in [-0.05, 0) is 61.8 Å². The molecule has 0 bridgehead atoms. The minimum absolute atomic E-state index is 0.167. The molecule has 2 saturated carbocycles. The molecule has 1 saturated heterocycles. The first-order valence-corrected chi connectivity index (χ1v) is 12.0. The molecule has 0 radical (unpaired) electrons. The Morgan fingerprint density at radius 3 is 2.40 bits per heavy atom. The summed E-state index contributed by atoms with van der Waals surface area (Å²) in [4.78, 5) is 20.8. The Hall–Kier alpha value is -3.15. The van der Waals surface area contributed by atoms with Gasteiger partial charge in [-0.2, -0.15) is 18.4 Å². The van der Waals surface area contributed by atoms with Gasteiger partial charge in [0.15, 0.2) is 0 Å². The number of hydrogen-bond acceptors (Lipinski definition) is 4. The van der Waals surface area contributed by atoms with Gasteiger partial charge in [0.1, 0.15) is 24.1 Å². The topological polar surface area (TPSA) is 60.2 Å². The quantitative estimate of drug-likeness (QED) is 0.537. The number of nitrogens with zero attached hydrogens (tertiary/aromatic N) is 4. The monoisotopic (exact) mass is 486 g/mol. The highest BCUT2D eigenvalue weighted by Crippen LogP contribution is 2.47. The van der Waals surface area contributed by atoms with E-state index in [0.29, 0.717) is 24.5 Å². The lowest BCUT2D eigenvalue weighted by molar-refractivity contribution is -0.163. The summed E-state index contributed by atoms with van der Waals surface area (Å²) >= 11 is 0. The smallest absolute Gasteiger partial charge is 0.352 e. The Kier molecular flexibility index (Phi) is 5.94. The summed E-state index contributed by atoms with van der Waals surface area (Å²) in [5.41, 5.74) is 3.72. The van der Waals surface area contributed by atoms with Gasteiger partial charge >= 0.3 is 6.18 Å². The summed E-state index contributed by atoms with van der Waals surface area (Å²) in [5.74, 6) is -0.263. The molecule has 3 fully saturated rings. The third-order valence-electron chi connectivity index (χ3n) is 7.22. The molecule has 35 heavy (non-hydrogen) atoms. The summed E-state index contributed by atoms with van der Waals surface area (Å²) in [7, 11) is 0. The third-order valence-corrected chi connectivity index (χ3v) is 7.22. The van der Waals surface area contributed by atoms with Crippen molar-refractivity contribution in [2.75, 3.05) is 24.5 Å². The highest BCUT2D eigenvalue weighted by atomic mass is 19.4. The van der Waals surface area contributed by atoms with Crippen LogP contribution in [-0.4, -0.2) is 47.6 Å². The van der Waals surface area contributed by atoms with Gasteiger partial charge in [-0.3, -0.25) is 4.79 Å². The number of alkyl halides is 3. The maximum Gasteiger partial charge on any atom is 0.397 e. The molecule has 5 nitrogen and oxygen atoms in total. The highest BCUT2D eigenvalue weighted by Gasteiger charge is 2.44. The maximum atomic E-state index is 13.5. The van der Waals surface area contributed by atoms with Crippen LogP contribution < -0.4 is 4.90 Å². The number of hydrogen-bond donors (Lipinski definition) is 0. The number of carbonyl (C=O) groups is 1. The summed E-state index contributed by atoms with van der Waals surface area (Å²) in [6.45, 7) is 2.71. The van der Waals surface area contributed by atoms with E-state index in [4.69, 9.17) is 4.98 Å². The molecule has 2 aliphatic carbocycles. The van der Waals surface area contributed by atoms with Gasteiger partial charge in [-0.25, -0.2) is 9.37 Å². The van der Waals surface area contributed by atoms with Crippen LogP contribution in [0, 0.1) is 30.0 Å². The zero-order chi connectivity index (χ0) is 24.9. The second-order valence-corrected chi connectivity index (χ2v) is 9.82. The van der Waals surface area contributed by atoms with Crippen molar-refractivity contribution in [2.45, 2.75) is 57.2 Å². The van der Waals surface area contributed by atoms with Gasteiger partial charge in [0, 0.05) is 31.1 Å². The van der Waals surface area contributed by atoms with E-state index in [9.17, 15) is 27.6 Å². The van der Waals surface area contributed by atoms with Crippen molar-refractivity contribution in [3.8, 4) is 17.2 Å². The van der Waals surface area contributed by atoms with Crippen molar-refractivity contribution in [3.63, 3.8) is 0 Å². The number of piperazine rings is 1. The average molecular weight is 487 g/mol. The van der Waals surface area contributed by atoms with Crippen molar-refractivity contribution in [1.82, 2.24) is 9.88 Å². The summed E-state index contributed by atoms with van der Waals surface area (Å²) in [5, 5.41) is 10.1. The minimum Gasteiger partial charge on any atom is -0.352 e. The Labute approximate surface area is 201 Å². The van der Waals surface area contributed by atoms with Gasteiger partial charge < -0.3 is 9.80 Å². The number of nitriles is 1. The molecular formula is C26H26F4N4O. The fourth-order valence-electron chi connectivity index (χ4n) is 5.18. The number of anilines is 1. The van der Waals surface area contributed by atoms with Gasteiger partial charge in [0.25, 0.3) is 0 Å². The van der Waals surface area contributed by atoms with E-state index in [2.05, 4.69) is 6.07 Å². The highest BCUT2D eigenvalue weighted by molar-refractivity contribution is 5.79.